The Bertz CT molecular complexity index is 609. The van der Waals surface area contributed by atoms with Gasteiger partial charge in [0.2, 0.25) is 11.8 Å². The van der Waals surface area contributed by atoms with Crippen LogP contribution in [0.25, 0.3) is 11.5 Å². The maximum absolute atomic E-state index is 10.8. The molecular weight excluding hydrogens is 248 g/mol. The van der Waals surface area contributed by atoms with E-state index in [0.717, 1.165) is 5.56 Å². The summed E-state index contributed by atoms with van der Waals surface area (Å²) in [5.74, 6) is 0.727. The van der Waals surface area contributed by atoms with Crippen LogP contribution >= 0.6 is 0 Å². The fourth-order valence-corrected chi connectivity index (χ4v) is 1.64. The van der Waals surface area contributed by atoms with E-state index in [4.69, 9.17) is 4.42 Å². The quantitative estimate of drug-likeness (QED) is 0.670. The van der Waals surface area contributed by atoms with Crippen molar-refractivity contribution in [2.75, 3.05) is 7.05 Å². The first-order valence-electron chi connectivity index (χ1n) is 5.78. The maximum atomic E-state index is 10.8. The molecule has 0 saturated heterocycles. The molecule has 2 aromatic rings. The van der Waals surface area contributed by atoms with Crippen LogP contribution in [0.5, 0.6) is 0 Å². The average Bonchev–Trinajstić information content (AvgIpc) is 2.86. The van der Waals surface area contributed by atoms with Crippen LogP contribution < -0.4 is 5.32 Å². The minimum atomic E-state index is -0.440. The highest BCUT2D eigenvalue weighted by Crippen LogP contribution is 2.26. The van der Waals surface area contributed by atoms with E-state index < -0.39 is 4.92 Å². The van der Waals surface area contributed by atoms with Gasteiger partial charge in [-0.3, -0.25) is 10.1 Å². The molecule has 1 atom stereocenters. The zero-order valence-corrected chi connectivity index (χ0v) is 10.9. The monoisotopic (exact) mass is 262 g/mol. The van der Waals surface area contributed by atoms with Gasteiger partial charge in [-0.15, -0.1) is 10.2 Å². The number of rotatable bonds is 4. The van der Waals surface area contributed by atoms with Gasteiger partial charge in [-0.05, 0) is 32.5 Å². The summed E-state index contributed by atoms with van der Waals surface area (Å²) in [4.78, 5) is 10.4. The van der Waals surface area contributed by atoms with Crippen molar-refractivity contribution in [1.82, 2.24) is 15.5 Å². The molecule has 7 nitrogen and oxygen atoms in total. The number of nitrogens with zero attached hydrogens (tertiary/aromatic N) is 3. The number of non-ortho nitro benzene ring substituents is 1. The van der Waals surface area contributed by atoms with Gasteiger partial charge in [0.1, 0.15) is 0 Å². The number of benzene rings is 1. The molecule has 1 unspecified atom stereocenters. The van der Waals surface area contributed by atoms with Crippen LogP contribution in [-0.4, -0.2) is 22.2 Å². The molecule has 0 saturated carbocycles. The Hall–Kier alpha value is -2.28. The number of aryl methyl sites for hydroxylation is 1. The fourth-order valence-electron chi connectivity index (χ4n) is 1.64. The summed E-state index contributed by atoms with van der Waals surface area (Å²) in [7, 11) is 1.78. The van der Waals surface area contributed by atoms with Crippen LogP contribution in [0.15, 0.2) is 22.6 Å². The van der Waals surface area contributed by atoms with Gasteiger partial charge in [-0.1, -0.05) is 0 Å². The molecule has 7 heteroatoms. The first-order valence-corrected chi connectivity index (χ1v) is 5.78. The first-order chi connectivity index (χ1) is 9.01. The van der Waals surface area contributed by atoms with Crippen molar-refractivity contribution < 1.29 is 9.34 Å². The van der Waals surface area contributed by atoms with Gasteiger partial charge in [-0.25, -0.2) is 0 Å². The van der Waals surface area contributed by atoms with E-state index in [-0.39, 0.29) is 17.6 Å². The lowest BCUT2D eigenvalue weighted by Gasteiger charge is -2.02. The van der Waals surface area contributed by atoms with Gasteiger partial charge in [0.05, 0.1) is 11.0 Å². The van der Waals surface area contributed by atoms with Gasteiger partial charge >= 0.3 is 0 Å². The zero-order valence-electron chi connectivity index (χ0n) is 10.9. The SMILES string of the molecule is CNC(C)c1nnc(-c2cc(C)cc([N+](=O)[O-])c2)o1. The summed E-state index contributed by atoms with van der Waals surface area (Å²) >= 11 is 0. The topological polar surface area (TPSA) is 94.1 Å². The molecule has 2 rings (SSSR count). The normalized spacial score (nSPS) is 12.4. The molecule has 0 radical (unpaired) electrons. The highest BCUT2D eigenvalue weighted by molar-refractivity contribution is 5.59. The van der Waals surface area contributed by atoms with Gasteiger partial charge in [-0.2, -0.15) is 0 Å². The van der Waals surface area contributed by atoms with Crippen LogP contribution in [0, 0.1) is 17.0 Å². The Morgan fingerprint density at radius 2 is 2.11 bits per heavy atom. The maximum Gasteiger partial charge on any atom is 0.270 e. The van der Waals surface area contributed by atoms with E-state index in [9.17, 15) is 10.1 Å². The number of nitrogens with one attached hydrogen (secondary N) is 1. The second kappa shape index (κ2) is 5.15. The predicted molar refractivity (Wildman–Crippen MR) is 68.6 cm³/mol. The lowest BCUT2D eigenvalue weighted by molar-refractivity contribution is -0.384. The minimum absolute atomic E-state index is 0.0106. The van der Waals surface area contributed by atoms with E-state index in [1.165, 1.54) is 12.1 Å². The van der Waals surface area contributed by atoms with Gasteiger partial charge in [0.25, 0.3) is 5.69 Å². The molecule has 0 aliphatic rings. The molecule has 1 N–H and O–H groups in total. The smallest absolute Gasteiger partial charge is 0.270 e. The summed E-state index contributed by atoms with van der Waals surface area (Å²) in [6, 6.07) is 4.63. The Labute approximate surface area is 109 Å². The molecular formula is C12H14N4O3. The van der Waals surface area contributed by atoms with Crippen molar-refractivity contribution >= 4 is 5.69 Å². The van der Waals surface area contributed by atoms with Crippen LogP contribution in [0.2, 0.25) is 0 Å². The molecule has 0 fully saturated rings. The van der Waals surface area contributed by atoms with E-state index in [0.29, 0.717) is 11.5 Å². The van der Waals surface area contributed by atoms with Gasteiger partial charge < -0.3 is 9.73 Å². The first kappa shape index (κ1) is 13.2. The third-order valence-electron chi connectivity index (χ3n) is 2.76. The Balaban J connectivity index is 2.41. The third-order valence-corrected chi connectivity index (χ3v) is 2.76. The Kier molecular flexibility index (Phi) is 3.57. The molecule has 0 aliphatic heterocycles. The van der Waals surface area contributed by atoms with Crippen LogP contribution in [0.4, 0.5) is 5.69 Å². The largest absolute Gasteiger partial charge is 0.419 e. The molecule has 0 aliphatic carbocycles. The van der Waals surface area contributed by atoms with E-state index in [2.05, 4.69) is 15.5 Å². The average molecular weight is 262 g/mol. The molecule has 0 bridgehead atoms. The lowest BCUT2D eigenvalue weighted by atomic mass is 10.1. The second-order valence-corrected chi connectivity index (χ2v) is 4.27. The Morgan fingerprint density at radius 1 is 1.37 bits per heavy atom. The Morgan fingerprint density at radius 3 is 2.74 bits per heavy atom. The molecule has 19 heavy (non-hydrogen) atoms. The standard InChI is InChI=1S/C12H14N4O3/c1-7-4-9(6-10(5-7)16(17)18)12-15-14-11(19-12)8(2)13-3/h4-6,8,13H,1-3H3. The van der Waals surface area contributed by atoms with Crippen molar-refractivity contribution in [1.29, 1.82) is 0 Å². The molecule has 0 spiro atoms. The second-order valence-electron chi connectivity index (χ2n) is 4.27. The van der Waals surface area contributed by atoms with Gasteiger partial charge in [0, 0.05) is 17.7 Å². The van der Waals surface area contributed by atoms with Crippen LogP contribution in [0.1, 0.15) is 24.4 Å². The lowest BCUT2D eigenvalue weighted by Crippen LogP contribution is -2.12. The van der Waals surface area contributed by atoms with E-state index >= 15 is 0 Å². The molecule has 1 aromatic heterocycles. The van der Waals surface area contributed by atoms with E-state index in [1.54, 1.807) is 20.0 Å². The van der Waals surface area contributed by atoms with E-state index in [1.807, 2.05) is 6.92 Å². The van der Waals surface area contributed by atoms with Crippen molar-refractivity contribution in [2.24, 2.45) is 0 Å². The van der Waals surface area contributed by atoms with Crippen LogP contribution in [0.3, 0.4) is 0 Å². The summed E-state index contributed by atoms with van der Waals surface area (Å²) in [6.07, 6.45) is 0. The number of hydrogen-bond donors (Lipinski definition) is 1. The molecule has 100 valence electrons. The number of hydrogen-bond acceptors (Lipinski definition) is 6. The summed E-state index contributed by atoms with van der Waals surface area (Å²) in [6.45, 7) is 3.67. The third kappa shape index (κ3) is 2.76. The minimum Gasteiger partial charge on any atom is -0.419 e. The predicted octanol–water partition coefficient (Wildman–Crippen LogP) is 2.23. The highest BCUT2D eigenvalue weighted by Gasteiger charge is 2.16. The highest BCUT2D eigenvalue weighted by atomic mass is 16.6. The molecule has 1 heterocycles. The fraction of sp³-hybridized carbons (Fsp3) is 0.333. The zero-order chi connectivity index (χ0) is 14.0. The van der Waals surface area contributed by atoms with Crippen molar-refractivity contribution in [3.63, 3.8) is 0 Å². The summed E-state index contributed by atoms with van der Waals surface area (Å²) < 4.78 is 5.50. The van der Waals surface area contributed by atoms with Gasteiger partial charge in [0.15, 0.2) is 0 Å². The number of aromatic nitrogens is 2. The molecule has 0 amide bonds. The van der Waals surface area contributed by atoms with Crippen LogP contribution in [-0.2, 0) is 0 Å². The number of nitro benzene ring substituents is 1. The molecule has 1 aromatic carbocycles. The summed E-state index contributed by atoms with van der Waals surface area (Å²) in [5, 5.41) is 21.6. The van der Waals surface area contributed by atoms with Crippen molar-refractivity contribution in [2.45, 2.75) is 19.9 Å². The van der Waals surface area contributed by atoms with Crippen molar-refractivity contribution in [3.05, 3.63) is 39.8 Å². The number of nitro groups is 1. The summed E-state index contributed by atoms with van der Waals surface area (Å²) in [5.41, 5.74) is 1.33. The van der Waals surface area contributed by atoms with Crippen molar-refractivity contribution in [3.8, 4) is 11.5 Å².